The molecule has 0 N–H and O–H groups in total. The van der Waals surface area contributed by atoms with Crippen LogP contribution in [0.5, 0.6) is 0 Å². The average Bonchev–Trinajstić information content (AvgIpc) is 1.95. The Bertz CT molecular complexity index is 154. The van der Waals surface area contributed by atoms with Gasteiger partial charge < -0.3 is 0 Å². The maximum Gasteiger partial charge on any atom is 0.400 e. The summed E-state index contributed by atoms with van der Waals surface area (Å²) in [6, 6.07) is 0. The molecule has 0 aliphatic rings. The van der Waals surface area contributed by atoms with Crippen molar-refractivity contribution in [3.8, 4) is 0 Å². The number of hydrogen-bond donors (Lipinski definition) is 0. The number of hydrogen-bond acceptors (Lipinski definition) is 0. The highest BCUT2D eigenvalue weighted by Gasteiger charge is 2.56. The monoisotopic (exact) mass is 222 g/mol. The van der Waals surface area contributed by atoms with Crippen molar-refractivity contribution in [3.05, 3.63) is 0 Å². The molecule has 0 saturated carbocycles. The molecule has 0 radical (unpaired) electrons. The van der Waals surface area contributed by atoms with Gasteiger partial charge in [-0.15, -0.1) is 0 Å². The number of rotatable bonds is 3. The van der Waals surface area contributed by atoms with Gasteiger partial charge in [0.25, 0.3) is 0 Å². The van der Waals surface area contributed by atoms with E-state index < -0.39 is 30.6 Å². The van der Waals surface area contributed by atoms with Crippen molar-refractivity contribution in [2.24, 2.45) is 11.8 Å². The second-order valence-corrected chi connectivity index (χ2v) is 3.38. The summed E-state index contributed by atoms with van der Waals surface area (Å²) in [6.45, 7) is 2.94. The van der Waals surface area contributed by atoms with E-state index >= 15 is 0 Å². The molecule has 86 valence electrons. The van der Waals surface area contributed by atoms with E-state index in [9.17, 15) is 26.3 Å². The van der Waals surface area contributed by atoms with Crippen LogP contribution in [0.3, 0.4) is 0 Å². The zero-order valence-corrected chi connectivity index (χ0v) is 7.84. The molecule has 1 unspecified atom stereocenters. The highest BCUT2D eigenvalue weighted by molar-refractivity contribution is 4.76. The Kier molecular flexibility index (Phi) is 4.27. The van der Waals surface area contributed by atoms with Gasteiger partial charge in [-0.05, 0) is 12.3 Å². The zero-order valence-electron chi connectivity index (χ0n) is 7.84. The lowest BCUT2D eigenvalue weighted by molar-refractivity contribution is -0.288. The van der Waals surface area contributed by atoms with Crippen LogP contribution < -0.4 is 0 Å². The van der Waals surface area contributed by atoms with Gasteiger partial charge in [0.1, 0.15) is 0 Å². The van der Waals surface area contributed by atoms with Crippen LogP contribution >= 0.6 is 0 Å². The SMILES string of the molecule is CCC(C)CC(C(F)(F)F)C(F)(F)F. The van der Waals surface area contributed by atoms with E-state index in [1.54, 1.807) is 6.92 Å². The summed E-state index contributed by atoms with van der Waals surface area (Å²) in [7, 11) is 0. The van der Waals surface area contributed by atoms with Crippen molar-refractivity contribution < 1.29 is 26.3 Å². The minimum atomic E-state index is -5.19. The summed E-state index contributed by atoms with van der Waals surface area (Å²) >= 11 is 0. The van der Waals surface area contributed by atoms with Crippen LogP contribution in [0.1, 0.15) is 26.7 Å². The molecule has 0 bridgehead atoms. The van der Waals surface area contributed by atoms with Gasteiger partial charge in [0, 0.05) is 0 Å². The Morgan fingerprint density at radius 1 is 0.929 bits per heavy atom. The van der Waals surface area contributed by atoms with E-state index in [-0.39, 0.29) is 0 Å². The summed E-state index contributed by atoms with van der Waals surface area (Å²) in [6.07, 6.45) is -11.0. The lowest BCUT2D eigenvalue weighted by atomic mass is 9.93. The standard InChI is InChI=1S/C8H12F6/c1-3-5(2)4-6(7(9,10)11)8(12,13)14/h5-6H,3-4H2,1-2H3. The molecule has 0 aliphatic carbocycles. The molecule has 6 heteroatoms. The van der Waals surface area contributed by atoms with Gasteiger partial charge in [-0.25, -0.2) is 0 Å². The van der Waals surface area contributed by atoms with Crippen LogP contribution in [0, 0.1) is 11.8 Å². The molecule has 0 aromatic rings. The molecular weight excluding hydrogens is 210 g/mol. The Morgan fingerprint density at radius 3 is 1.50 bits per heavy atom. The van der Waals surface area contributed by atoms with Crippen molar-refractivity contribution in [1.82, 2.24) is 0 Å². The van der Waals surface area contributed by atoms with Crippen LogP contribution in [0.15, 0.2) is 0 Å². The van der Waals surface area contributed by atoms with E-state index in [1.807, 2.05) is 0 Å². The lowest BCUT2D eigenvalue weighted by Gasteiger charge is -2.25. The van der Waals surface area contributed by atoms with Gasteiger partial charge in [0.05, 0.1) is 0 Å². The first kappa shape index (κ1) is 13.6. The summed E-state index contributed by atoms with van der Waals surface area (Å²) in [4.78, 5) is 0. The zero-order chi connectivity index (χ0) is 11.6. The van der Waals surface area contributed by atoms with Crippen LogP contribution in [0.2, 0.25) is 0 Å². The predicted octanol–water partition coefficient (Wildman–Crippen LogP) is 4.16. The molecule has 0 aromatic heterocycles. The molecule has 0 rings (SSSR count). The second kappa shape index (κ2) is 4.40. The first-order chi connectivity index (χ1) is 6.09. The number of alkyl halides is 6. The van der Waals surface area contributed by atoms with Gasteiger partial charge in [-0.3, -0.25) is 0 Å². The maximum absolute atomic E-state index is 12.0. The summed E-state index contributed by atoms with van der Waals surface area (Å²) < 4.78 is 72.0. The quantitative estimate of drug-likeness (QED) is 0.629. The minimum absolute atomic E-state index is 0.308. The Morgan fingerprint density at radius 2 is 1.29 bits per heavy atom. The molecule has 0 aromatic carbocycles. The van der Waals surface area contributed by atoms with Crippen LogP contribution in [-0.4, -0.2) is 12.4 Å². The molecule has 0 amide bonds. The third-order valence-corrected chi connectivity index (χ3v) is 2.13. The van der Waals surface area contributed by atoms with E-state index in [2.05, 4.69) is 0 Å². The summed E-state index contributed by atoms with van der Waals surface area (Å²) in [5.74, 6) is -3.77. The van der Waals surface area contributed by atoms with Crippen molar-refractivity contribution in [3.63, 3.8) is 0 Å². The Hall–Kier alpha value is -0.420. The molecule has 14 heavy (non-hydrogen) atoms. The fourth-order valence-corrected chi connectivity index (χ4v) is 1.02. The van der Waals surface area contributed by atoms with Crippen LogP contribution in [0.4, 0.5) is 26.3 Å². The summed E-state index contributed by atoms with van der Waals surface area (Å²) in [5, 5.41) is 0. The molecule has 0 nitrogen and oxygen atoms in total. The van der Waals surface area contributed by atoms with Gasteiger partial charge in [0.2, 0.25) is 0 Å². The Labute approximate surface area is 78.3 Å². The lowest BCUT2D eigenvalue weighted by Crippen LogP contribution is -2.37. The Balaban J connectivity index is 4.59. The largest absolute Gasteiger partial charge is 0.400 e. The van der Waals surface area contributed by atoms with Crippen molar-refractivity contribution >= 4 is 0 Å². The van der Waals surface area contributed by atoms with E-state index in [1.165, 1.54) is 6.92 Å². The number of halogens is 6. The predicted molar refractivity (Wildman–Crippen MR) is 39.7 cm³/mol. The topological polar surface area (TPSA) is 0 Å². The molecule has 0 heterocycles. The normalized spacial score (nSPS) is 16.1. The van der Waals surface area contributed by atoms with Gasteiger partial charge >= 0.3 is 12.4 Å². The van der Waals surface area contributed by atoms with Crippen molar-refractivity contribution in [2.75, 3.05) is 0 Å². The summed E-state index contributed by atoms with van der Waals surface area (Å²) in [5.41, 5.74) is 0. The third-order valence-electron chi connectivity index (χ3n) is 2.13. The third kappa shape index (κ3) is 4.19. The van der Waals surface area contributed by atoms with E-state index in [0.29, 0.717) is 6.42 Å². The van der Waals surface area contributed by atoms with E-state index in [4.69, 9.17) is 0 Å². The highest BCUT2D eigenvalue weighted by atomic mass is 19.4. The molecule has 0 saturated heterocycles. The second-order valence-electron chi connectivity index (χ2n) is 3.38. The molecule has 1 atom stereocenters. The van der Waals surface area contributed by atoms with Crippen LogP contribution in [0.25, 0.3) is 0 Å². The molecule has 0 aliphatic heterocycles. The van der Waals surface area contributed by atoms with Crippen molar-refractivity contribution in [2.45, 2.75) is 39.0 Å². The van der Waals surface area contributed by atoms with E-state index in [0.717, 1.165) is 0 Å². The maximum atomic E-state index is 12.0. The smallest absolute Gasteiger partial charge is 0.170 e. The van der Waals surface area contributed by atoms with Crippen LogP contribution in [-0.2, 0) is 0 Å². The first-order valence-electron chi connectivity index (χ1n) is 4.22. The first-order valence-corrected chi connectivity index (χ1v) is 4.22. The van der Waals surface area contributed by atoms with Gasteiger partial charge in [0.15, 0.2) is 5.92 Å². The molecule has 0 spiro atoms. The van der Waals surface area contributed by atoms with Crippen molar-refractivity contribution in [1.29, 1.82) is 0 Å². The highest BCUT2D eigenvalue weighted by Crippen LogP contribution is 2.43. The van der Waals surface area contributed by atoms with Gasteiger partial charge in [-0.2, -0.15) is 26.3 Å². The average molecular weight is 222 g/mol. The van der Waals surface area contributed by atoms with Gasteiger partial charge in [-0.1, -0.05) is 20.3 Å². The fraction of sp³-hybridized carbons (Fsp3) is 1.00. The minimum Gasteiger partial charge on any atom is -0.170 e. The molecular formula is C8H12F6. The molecule has 0 fully saturated rings. The fourth-order valence-electron chi connectivity index (χ4n) is 1.02.